The highest BCUT2D eigenvalue weighted by Gasteiger charge is 2.49. The van der Waals surface area contributed by atoms with Gasteiger partial charge in [0, 0.05) is 16.4 Å². The Morgan fingerprint density at radius 3 is 2.11 bits per heavy atom. The van der Waals surface area contributed by atoms with E-state index in [-0.39, 0.29) is 16.9 Å². The van der Waals surface area contributed by atoms with E-state index in [1.807, 2.05) is 24.3 Å². The Bertz CT molecular complexity index is 1300. The number of alkyl halides is 3. The molecule has 0 unspecified atom stereocenters. The molecule has 1 aliphatic carbocycles. The average molecular weight is 598 g/mol. The van der Waals surface area contributed by atoms with Gasteiger partial charge >= 0.3 is 6.18 Å². The summed E-state index contributed by atoms with van der Waals surface area (Å²) in [6, 6.07) is 11.4. The molecule has 6 nitrogen and oxygen atoms in total. The number of aromatic nitrogens is 2. The molecule has 0 N–H and O–H groups in total. The molecule has 2 aliphatic rings. The topological polar surface area (TPSA) is 76.3 Å². The van der Waals surface area contributed by atoms with Gasteiger partial charge in [0.05, 0.1) is 10.5 Å². The van der Waals surface area contributed by atoms with E-state index in [0.29, 0.717) is 37.1 Å². The summed E-state index contributed by atoms with van der Waals surface area (Å²) < 4.78 is 72.3. The number of benzene rings is 2. The smallest absolute Gasteiger partial charge is 0.339 e. The number of likely N-dealkylation sites (tertiary alicyclic amines) is 1. The van der Waals surface area contributed by atoms with E-state index in [0.717, 1.165) is 54.7 Å². The normalized spacial score (nSPS) is 24.3. The number of hydrogen-bond donors (Lipinski definition) is 0. The summed E-state index contributed by atoms with van der Waals surface area (Å²) in [7, 11) is -3.97. The average Bonchev–Trinajstić information content (AvgIpc) is 3.44. The lowest BCUT2D eigenvalue weighted by molar-refractivity contribution is -0.137. The Labute approximate surface area is 222 Å². The van der Waals surface area contributed by atoms with Crippen molar-refractivity contribution in [3.8, 4) is 0 Å². The molecule has 0 radical (unpaired) electrons. The summed E-state index contributed by atoms with van der Waals surface area (Å²) in [5.41, 5.74) is -0.194. The van der Waals surface area contributed by atoms with Gasteiger partial charge in [-0.15, -0.1) is 0 Å². The summed E-state index contributed by atoms with van der Waals surface area (Å²) in [5, 5.41) is 3.71. The summed E-state index contributed by atoms with van der Waals surface area (Å²) in [5.74, 6) is 0.907. The van der Waals surface area contributed by atoms with Crippen molar-refractivity contribution in [3.05, 3.63) is 76.3 Å². The van der Waals surface area contributed by atoms with Crippen molar-refractivity contribution in [2.45, 2.75) is 66.3 Å². The van der Waals surface area contributed by atoms with Gasteiger partial charge in [-0.05, 0) is 93.6 Å². The van der Waals surface area contributed by atoms with Crippen LogP contribution in [0.25, 0.3) is 0 Å². The van der Waals surface area contributed by atoms with E-state index in [1.54, 1.807) is 0 Å². The SMILES string of the molecule is O=S(=O)(c1ccc(C(F)(F)F)cc1)C1(c2ccc(Br)cc2)CCC(N2CCC(c3ncno3)CC2)CC1. The van der Waals surface area contributed by atoms with Gasteiger partial charge in [-0.1, -0.05) is 33.2 Å². The highest BCUT2D eigenvalue weighted by atomic mass is 79.9. The molecule has 1 saturated carbocycles. The van der Waals surface area contributed by atoms with E-state index < -0.39 is 26.3 Å². The molecule has 2 heterocycles. The first-order valence-corrected chi connectivity index (χ1v) is 14.6. The van der Waals surface area contributed by atoms with Crippen molar-refractivity contribution in [3.63, 3.8) is 0 Å². The van der Waals surface area contributed by atoms with Crippen molar-refractivity contribution < 1.29 is 26.1 Å². The molecule has 198 valence electrons. The molecule has 37 heavy (non-hydrogen) atoms. The lowest BCUT2D eigenvalue weighted by Gasteiger charge is -2.45. The number of sulfone groups is 1. The standard InChI is InChI=1S/C26H27BrF3N3O3S/c27-21-5-1-19(2-6-21)25(37(34,35)23-7-3-20(4-8-23)26(28,29)30)13-9-22(10-14-25)33-15-11-18(12-16-33)24-31-17-32-36-24/h1-8,17-18,22H,9-16H2. The van der Waals surface area contributed by atoms with Gasteiger partial charge in [0.2, 0.25) is 5.89 Å². The third-order valence-corrected chi connectivity index (χ3v) is 11.0. The number of rotatable bonds is 5. The zero-order valence-corrected chi connectivity index (χ0v) is 22.4. The predicted octanol–water partition coefficient (Wildman–Crippen LogP) is 6.34. The molecule has 3 aromatic rings. The largest absolute Gasteiger partial charge is 0.416 e. The van der Waals surface area contributed by atoms with Gasteiger partial charge in [0.1, 0.15) is 4.75 Å². The van der Waals surface area contributed by atoms with Gasteiger partial charge in [-0.3, -0.25) is 0 Å². The first kappa shape index (κ1) is 26.4. The molecule has 2 fully saturated rings. The van der Waals surface area contributed by atoms with Crippen LogP contribution in [0.4, 0.5) is 13.2 Å². The Morgan fingerprint density at radius 1 is 0.946 bits per heavy atom. The highest BCUT2D eigenvalue weighted by Crippen LogP contribution is 2.48. The Hall–Kier alpha value is -2.24. The van der Waals surface area contributed by atoms with Crippen LogP contribution in [0.15, 0.2) is 68.7 Å². The quantitative estimate of drug-likeness (QED) is 0.341. The first-order valence-electron chi connectivity index (χ1n) is 12.3. The van der Waals surface area contributed by atoms with Crippen LogP contribution in [-0.4, -0.2) is 42.6 Å². The monoisotopic (exact) mass is 597 g/mol. The molecule has 0 bridgehead atoms. The molecule has 1 aliphatic heterocycles. The van der Waals surface area contributed by atoms with Crippen LogP contribution in [0.3, 0.4) is 0 Å². The minimum atomic E-state index is -4.53. The molecule has 2 aromatic carbocycles. The molecule has 11 heteroatoms. The third-order valence-electron chi connectivity index (χ3n) is 7.91. The number of hydrogen-bond acceptors (Lipinski definition) is 6. The van der Waals surface area contributed by atoms with Crippen molar-refractivity contribution in [2.75, 3.05) is 13.1 Å². The fraction of sp³-hybridized carbons (Fsp3) is 0.462. The molecule has 1 aromatic heterocycles. The molecular weight excluding hydrogens is 571 g/mol. The second kappa shape index (κ2) is 10.1. The van der Waals surface area contributed by atoms with Crippen LogP contribution < -0.4 is 0 Å². The molecule has 0 amide bonds. The number of nitrogens with zero attached hydrogens (tertiary/aromatic N) is 3. The van der Waals surface area contributed by atoms with Crippen LogP contribution in [0.5, 0.6) is 0 Å². The van der Waals surface area contributed by atoms with Crippen LogP contribution >= 0.6 is 15.9 Å². The first-order chi connectivity index (χ1) is 17.6. The Balaban J connectivity index is 1.38. The van der Waals surface area contributed by atoms with Crippen LogP contribution in [0.1, 0.15) is 61.5 Å². The van der Waals surface area contributed by atoms with Crippen molar-refractivity contribution in [2.24, 2.45) is 0 Å². The summed E-state index contributed by atoms with van der Waals surface area (Å²) in [6.07, 6.45) is 0.851. The fourth-order valence-electron chi connectivity index (χ4n) is 5.82. The van der Waals surface area contributed by atoms with E-state index >= 15 is 0 Å². The van der Waals surface area contributed by atoms with Gasteiger partial charge in [-0.2, -0.15) is 18.2 Å². The minimum absolute atomic E-state index is 0.0813. The van der Waals surface area contributed by atoms with E-state index in [2.05, 4.69) is 31.0 Å². The molecule has 0 atom stereocenters. The number of halogens is 4. The van der Waals surface area contributed by atoms with Crippen molar-refractivity contribution >= 4 is 25.8 Å². The van der Waals surface area contributed by atoms with Gasteiger partial charge in [-0.25, -0.2) is 8.42 Å². The predicted molar refractivity (Wildman–Crippen MR) is 135 cm³/mol. The maximum Gasteiger partial charge on any atom is 0.416 e. The second-order valence-corrected chi connectivity index (χ2v) is 13.0. The third kappa shape index (κ3) is 5.09. The van der Waals surface area contributed by atoms with Gasteiger partial charge in [0.15, 0.2) is 16.2 Å². The lowest BCUT2D eigenvalue weighted by atomic mass is 9.79. The zero-order valence-electron chi connectivity index (χ0n) is 20.0. The van der Waals surface area contributed by atoms with E-state index in [4.69, 9.17) is 4.52 Å². The lowest BCUT2D eigenvalue weighted by Crippen LogP contribution is -2.48. The fourth-order valence-corrected chi connectivity index (χ4v) is 8.25. The molecule has 0 spiro atoms. The Morgan fingerprint density at radius 2 is 1.57 bits per heavy atom. The zero-order chi connectivity index (χ0) is 26.3. The van der Waals surface area contributed by atoms with Gasteiger partial charge < -0.3 is 9.42 Å². The minimum Gasteiger partial charge on any atom is -0.339 e. The molecule has 5 rings (SSSR count). The summed E-state index contributed by atoms with van der Waals surface area (Å²) in [6.45, 7) is 1.74. The van der Waals surface area contributed by atoms with E-state index in [9.17, 15) is 21.6 Å². The molecule has 1 saturated heterocycles. The van der Waals surface area contributed by atoms with E-state index in [1.165, 1.54) is 6.33 Å². The van der Waals surface area contributed by atoms with Crippen molar-refractivity contribution in [1.29, 1.82) is 0 Å². The summed E-state index contributed by atoms with van der Waals surface area (Å²) in [4.78, 5) is 6.52. The summed E-state index contributed by atoms with van der Waals surface area (Å²) >= 11 is 3.41. The molecular formula is C26H27BrF3N3O3S. The van der Waals surface area contributed by atoms with Crippen LogP contribution in [0, 0.1) is 0 Å². The maximum absolute atomic E-state index is 14.1. The maximum atomic E-state index is 14.1. The second-order valence-electron chi connectivity index (χ2n) is 9.85. The van der Waals surface area contributed by atoms with Crippen LogP contribution in [-0.2, 0) is 20.8 Å². The van der Waals surface area contributed by atoms with Crippen LogP contribution in [0.2, 0.25) is 0 Å². The van der Waals surface area contributed by atoms with Crippen molar-refractivity contribution in [1.82, 2.24) is 15.0 Å². The van der Waals surface area contributed by atoms with Gasteiger partial charge in [0.25, 0.3) is 0 Å². The Kier molecular flexibility index (Phi) is 7.23. The highest BCUT2D eigenvalue weighted by molar-refractivity contribution is 9.10. The number of piperidine rings is 1.